The number of amides is 1. The van der Waals surface area contributed by atoms with E-state index in [-0.39, 0.29) is 23.0 Å². The van der Waals surface area contributed by atoms with Gasteiger partial charge in [-0.25, -0.2) is 8.78 Å². The third kappa shape index (κ3) is 3.32. The number of nitrogens with zero attached hydrogens (tertiary/aromatic N) is 1. The number of hydrogen-bond donors (Lipinski definition) is 4. The number of aromatic nitrogens is 2. The predicted octanol–water partition coefficient (Wildman–Crippen LogP) is 3.27. The molecule has 6 nitrogen and oxygen atoms in total. The van der Waals surface area contributed by atoms with Crippen molar-refractivity contribution in [1.82, 2.24) is 10.2 Å². The first-order valence-electron chi connectivity index (χ1n) is 6.96. The number of carbonyl (C=O) groups is 1. The molecule has 1 amide bonds. The summed E-state index contributed by atoms with van der Waals surface area (Å²) in [6.45, 7) is 0. The Morgan fingerprint density at radius 2 is 1.50 bits per heavy atom. The minimum atomic E-state index is -0.516. The number of anilines is 4. The highest BCUT2D eigenvalue weighted by molar-refractivity contribution is 6.11. The SMILES string of the molecule is Nc1[nH]nc(Nc2ccc(F)cc2)c1C(=O)Nc1ccc(F)cc1. The molecule has 0 unspecified atom stereocenters. The van der Waals surface area contributed by atoms with Gasteiger partial charge in [-0.3, -0.25) is 9.89 Å². The molecule has 24 heavy (non-hydrogen) atoms. The zero-order chi connectivity index (χ0) is 17.1. The summed E-state index contributed by atoms with van der Waals surface area (Å²) in [5.41, 5.74) is 6.81. The van der Waals surface area contributed by atoms with Crippen LogP contribution in [0.1, 0.15) is 10.4 Å². The van der Waals surface area contributed by atoms with Gasteiger partial charge in [-0.15, -0.1) is 0 Å². The Hall–Kier alpha value is -3.42. The molecule has 0 spiro atoms. The maximum Gasteiger partial charge on any atom is 0.263 e. The molecule has 0 radical (unpaired) electrons. The van der Waals surface area contributed by atoms with Gasteiger partial charge in [-0.05, 0) is 48.5 Å². The number of rotatable bonds is 4. The maximum absolute atomic E-state index is 12.9. The van der Waals surface area contributed by atoms with Gasteiger partial charge < -0.3 is 16.4 Å². The number of halogens is 2. The van der Waals surface area contributed by atoms with E-state index in [0.29, 0.717) is 11.4 Å². The van der Waals surface area contributed by atoms with E-state index in [1.807, 2.05) is 0 Å². The molecule has 0 aliphatic rings. The fourth-order valence-electron chi connectivity index (χ4n) is 2.07. The zero-order valence-corrected chi connectivity index (χ0v) is 12.3. The Bertz CT molecular complexity index is 859. The summed E-state index contributed by atoms with van der Waals surface area (Å²) in [6, 6.07) is 10.9. The Kier molecular flexibility index (Phi) is 4.11. The van der Waals surface area contributed by atoms with Crippen molar-refractivity contribution in [2.24, 2.45) is 0 Å². The summed E-state index contributed by atoms with van der Waals surface area (Å²) in [5.74, 6) is -1.04. The summed E-state index contributed by atoms with van der Waals surface area (Å²) in [6.07, 6.45) is 0. The normalized spacial score (nSPS) is 10.4. The van der Waals surface area contributed by atoms with Crippen LogP contribution < -0.4 is 16.4 Å². The second-order valence-corrected chi connectivity index (χ2v) is 4.95. The van der Waals surface area contributed by atoms with E-state index < -0.39 is 11.7 Å². The van der Waals surface area contributed by atoms with Crippen LogP contribution in [0.4, 0.5) is 31.8 Å². The van der Waals surface area contributed by atoms with Crippen LogP contribution in [0.25, 0.3) is 0 Å². The van der Waals surface area contributed by atoms with E-state index >= 15 is 0 Å². The first kappa shape index (κ1) is 15.5. The minimum absolute atomic E-state index is 0.0687. The van der Waals surface area contributed by atoms with Crippen molar-refractivity contribution in [3.63, 3.8) is 0 Å². The summed E-state index contributed by atoms with van der Waals surface area (Å²) in [4.78, 5) is 12.4. The molecule has 0 saturated carbocycles. The fourth-order valence-corrected chi connectivity index (χ4v) is 2.07. The number of benzene rings is 2. The van der Waals surface area contributed by atoms with Gasteiger partial charge in [0.05, 0.1) is 0 Å². The third-order valence-electron chi connectivity index (χ3n) is 3.23. The Morgan fingerprint density at radius 3 is 2.08 bits per heavy atom. The number of H-pyrrole nitrogens is 1. The summed E-state index contributed by atoms with van der Waals surface area (Å²) in [7, 11) is 0. The molecule has 0 saturated heterocycles. The highest BCUT2D eigenvalue weighted by Crippen LogP contribution is 2.24. The first-order valence-corrected chi connectivity index (χ1v) is 6.96. The van der Waals surface area contributed by atoms with E-state index in [2.05, 4.69) is 20.8 Å². The van der Waals surface area contributed by atoms with Crippen LogP contribution in [0.15, 0.2) is 48.5 Å². The van der Waals surface area contributed by atoms with Crippen molar-refractivity contribution in [2.45, 2.75) is 0 Å². The monoisotopic (exact) mass is 329 g/mol. The maximum atomic E-state index is 12.9. The Balaban J connectivity index is 1.82. The van der Waals surface area contributed by atoms with Crippen LogP contribution in [0.2, 0.25) is 0 Å². The highest BCUT2D eigenvalue weighted by Gasteiger charge is 2.19. The molecular formula is C16H13F2N5O. The number of nitrogen functional groups attached to an aromatic ring is 1. The van der Waals surface area contributed by atoms with Gasteiger partial charge in [-0.1, -0.05) is 0 Å². The molecule has 3 rings (SSSR count). The largest absolute Gasteiger partial charge is 0.383 e. The van der Waals surface area contributed by atoms with Crippen molar-refractivity contribution >= 4 is 28.9 Å². The van der Waals surface area contributed by atoms with Crippen LogP contribution in [0.3, 0.4) is 0 Å². The quantitative estimate of drug-likeness (QED) is 0.591. The van der Waals surface area contributed by atoms with Crippen molar-refractivity contribution < 1.29 is 13.6 Å². The molecule has 0 fully saturated rings. The molecule has 3 aromatic rings. The molecular weight excluding hydrogens is 316 g/mol. The van der Waals surface area contributed by atoms with E-state index in [4.69, 9.17) is 5.73 Å². The van der Waals surface area contributed by atoms with Crippen molar-refractivity contribution in [1.29, 1.82) is 0 Å². The summed E-state index contributed by atoms with van der Waals surface area (Å²) in [5, 5.41) is 11.9. The number of nitrogens with one attached hydrogen (secondary N) is 3. The van der Waals surface area contributed by atoms with Gasteiger partial charge in [0, 0.05) is 11.4 Å². The minimum Gasteiger partial charge on any atom is -0.383 e. The highest BCUT2D eigenvalue weighted by atomic mass is 19.1. The Morgan fingerprint density at radius 1 is 0.958 bits per heavy atom. The van der Waals surface area contributed by atoms with Gasteiger partial charge in [0.1, 0.15) is 23.0 Å². The molecule has 0 aliphatic carbocycles. The number of carbonyl (C=O) groups excluding carboxylic acids is 1. The number of nitrogens with two attached hydrogens (primary N) is 1. The second kappa shape index (κ2) is 6.37. The molecule has 1 heterocycles. The topological polar surface area (TPSA) is 95.8 Å². The average molecular weight is 329 g/mol. The van der Waals surface area contributed by atoms with E-state index in [1.54, 1.807) is 0 Å². The first-order chi connectivity index (χ1) is 11.5. The summed E-state index contributed by atoms with van der Waals surface area (Å²) < 4.78 is 25.9. The lowest BCUT2D eigenvalue weighted by molar-refractivity contribution is 0.102. The van der Waals surface area contributed by atoms with E-state index in [9.17, 15) is 13.6 Å². The molecule has 122 valence electrons. The van der Waals surface area contributed by atoms with Gasteiger partial charge in [0.2, 0.25) is 0 Å². The molecule has 0 aliphatic heterocycles. The van der Waals surface area contributed by atoms with E-state index in [1.165, 1.54) is 48.5 Å². The van der Waals surface area contributed by atoms with Crippen LogP contribution in [0, 0.1) is 11.6 Å². The van der Waals surface area contributed by atoms with Crippen molar-refractivity contribution in [2.75, 3.05) is 16.4 Å². The number of hydrogen-bond acceptors (Lipinski definition) is 4. The zero-order valence-electron chi connectivity index (χ0n) is 12.3. The smallest absolute Gasteiger partial charge is 0.263 e. The Labute approximate surface area is 135 Å². The molecule has 1 aromatic heterocycles. The lowest BCUT2D eigenvalue weighted by Crippen LogP contribution is -2.14. The average Bonchev–Trinajstić information content (AvgIpc) is 2.92. The van der Waals surface area contributed by atoms with Crippen molar-refractivity contribution in [3.8, 4) is 0 Å². The third-order valence-corrected chi connectivity index (χ3v) is 3.23. The van der Waals surface area contributed by atoms with Crippen LogP contribution >= 0.6 is 0 Å². The predicted molar refractivity (Wildman–Crippen MR) is 87.0 cm³/mol. The van der Waals surface area contributed by atoms with Crippen LogP contribution in [0.5, 0.6) is 0 Å². The van der Waals surface area contributed by atoms with Crippen molar-refractivity contribution in [3.05, 3.63) is 65.7 Å². The van der Waals surface area contributed by atoms with Crippen LogP contribution in [-0.2, 0) is 0 Å². The number of aromatic amines is 1. The molecule has 5 N–H and O–H groups in total. The van der Waals surface area contributed by atoms with Gasteiger partial charge in [-0.2, -0.15) is 5.10 Å². The molecule has 8 heteroatoms. The lowest BCUT2D eigenvalue weighted by Gasteiger charge is -2.08. The van der Waals surface area contributed by atoms with E-state index in [0.717, 1.165) is 0 Å². The summed E-state index contributed by atoms with van der Waals surface area (Å²) >= 11 is 0. The molecule has 2 aromatic carbocycles. The standard InChI is InChI=1S/C16H13F2N5O/c17-9-1-5-11(6-2-9)20-15-13(14(19)22-23-15)16(24)21-12-7-3-10(18)4-8-12/h1-8H,(H,21,24)(H4,19,20,22,23). The lowest BCUT2D eigenvalue weighted by atomic mass is 10.2. The van der Waals surface area contributed by atoms with Gasteiger partial charge >= 0.3 is 0 Å². The van der Waals surface area contributed by atoms with Gasteiger partial charge in [0.25, 0.3) is 5.91 Å². The molecule has 0 bridgehead atoms. The second-order valence-electron chi connectivity index (χ2n) is 4.95. The molecule has 0 atom stereocenters. The van der Waals surface area contributed by atoms with Crippen LogP contribution in [-0.4, -0.2) is 16.1 Å². The van der Waals surface area contributed by atoms with Gasteiger partial charge in [0.15, 0.2) is 5.82 Å². The fraction of sp³-hybridized carbons (Fsp3) is 0.